The van der Waals surface area contributed by atoms with Crippen molar-refractivity contribution in [1.29, 1.82) is 0 Å². The molecular formula is C19H18N2O4S. The Bertz CT molecular complexity index is 901. The highest BCUT2D eigenvalue weighted by Crippen LogP contribution is 2.32. The van der Waals surface area contributed by atoms with Gasteiger partial charge in [-0.05, 0) is 12.1 Å². The summed E-state index contributed by atoms with van der Waals surface area (Å²) in [6, 6.07) is 12.7. The first kappa shape index (κ1) is 17.8. The maximum absolute atomic E-state index is 12.5. The van der Waals surface area contributed by atoms with Crippen LogP contribution in [0.3, 0.4) is 0 Å². The second kappa shape index (κ2) is 7.88. The number of nitrogens with zero attached hydrogens (tertiary/aromatic N) is 1. The van der Waals surface area contributed by atoms with E-state index in [1.54, 1.807) is 44.9 Å². The zero-order chi connectivity index (χ0) is 18.5. The summed E-state index contributed by atoms with van der Waals surface area (Å²) < 4.78 is 15.8. The first-order valence-corrected chi connectivity index (χ1v) is 8.66. The van der Waals surface area contributed by atoms with Crippen LogP contribution in [-0.2, 0) is 0 Å². The Kier molecular flexibility index (Phi) is 5.38. The van der Waals surface area contributed by atoms with Crippen molar-refractivity contribution in [3.05, 3.63) is 53.5 Å². The molecule has 134 valence electrons. The molecule has 0 unspecified atom stereocenters. The minimum absolute atomic E-state index is 0.308. The van der Waals surface area contributed by atoms with Gasteiger partial charge < -0.3 is 19.5 Å². The van der Waals surface area contributed by atoms with Gasteiger partial charge in [0.15, 0.2) is 0 Å². The molecule has 1 amide bonds. The van der Waals surface area contributed by atoms with Gasteiger partial charge in [-0.2, -0.15) is 0 Å². The highest BCUT2D eigenvalue weighted by atomic mass is 32.1. The molecule has 1 aromatic heterocycles. The number of para-hydroxylation sites is 1. The summed E-state index contributed by atoms with van der Waals surface area (Å²) in [6.07, 6.45) is 0. The van der Waals surface area contributed by atoms with Crippen molar-refractivity contribution in [3.63, 3.8) is 0 Å². The van der Waals surface area contributed by atoms with E-state index in [1.807, 2.05) is 24.3 Å². The van der Waals surface area contributed by atoms with Gasteiger partial charge in [0.2, 0.25) is 0 Å². The minimum atomic E-state index is -0.308. The average molecular weight is 370 g/mol. The molecule has 26 heavy (non-hydrogen) atoms. The SMILES string of the molecule is COc1cc(NC(=O)c2csc(-c3ccccc3OC)n2)cc(OC)c1. The summed E-state index contributed by atoms with van der Waals surface area (Å²) in [6.45, 7) is 0. The van der Waals surface area contributed by atoms with E-state index >= 15 is 0 Å². The second-order valence-electron chi connectivity index (χ2n) is 5.29. The lowest BCUT2D eigenvalue weighted by atomic mass is 10.2. The van der Waals surface area contributed by atoms with E-state index in [1.165, 1.54) is 11.3 Å². The van der Waals surface area contributed by atoms with Crippen LogP contribution in [0.15, 0.2) is 47.8 Å². The van der Waals surface area contributed by atoms with Gasteiger partial charge in [0.1, 0.15) is 28.0 Å². The van der Waals surface area contributed by atoms with Gasteiger partial charge in [0, 0.05) is 29.3 Å². The van der Waals surface area contributed by atoms with Gasteiger partial charge in [-0.3, -0.25) is 4.79 Å². The van der Waals surface area contributed by atoms with E-state index in [2.05, 4.69) is 10.3 Å². The number of nitrogens with one attached hydrogen (secondary N) is 1. The van der Waals surface area contributed by atoms with E-state index < -0.39 is 0 Å². The van der Waals surface area contributed by atoms with Crippen LogP contribution < -0.4 is 19.5 Å². The van der Waals surface area contributed by atoms with Crippen LogP contribution in [0.25, 0.3) is 10.6 Å². The van der Waals surface area contributed by atoms with Crippen molar-refractivity contribution in [2.24, 2.45) is 0 Å². The summed E-state index contributed by atoms with van der Waals surface area (Å²) in [5.41, 5.74) is 1.75. The number of anilines is 1. The number of thiazole rings is 1. The van der Waals surface area contributed by atoms with Gasteiger partial charge in [-0.1, -0.05) is 12.1 Å². The molecule has 0 saturated carbocycles. The van der Waals surface area contributed by atoms with Crippen LogP contribution in [0.4, 0.5) is 5.69 Å². The Morgan fingerprint density at radius 3 is 2.35 bits per heavy atom. The van der Waals surface area contributed by atoms with Gasteiger partial charge in [-0.25, -0.2) is 4.98 Å². The maximum Gasteiger partial charge on any atom is 0.275 e. The van der Waals surface area contributed by atoms with Crippen LogP contribution in [-0.4, -0.2) is 32.2 Å². The number of carbonyl (C=O) groups is 1. The fourth-order valence-electron chi connectivity index (χ4n) is 2.40. The number of amides is 1. The van der Waals surface area contributed by atoms with Gasteiger partial charge in [-0.15, -0.1) is 11.3 Å². The molecule has 3 rings (SSSR count). The van der Waals surface area contributed by atoms with Crippen LogP contribution >= 0.6 is 11.3 Å². The molecule has 0 saturated heterocycles. The molecule has 6 nitrogen and oxygen atoms in total. The Hall–Kier alpha value is -3.06. The highest BCUT2D eigenvalue weighted by molar-refractivity contribution is 7.13. The van der Waals surface area contributed by atoms with Crippen LogP contribution in [0, 0.1) is 0 Å². The molecule has 0 atom stereocenters. The molecule has 1 heterocycles. The van der Waals surface area contributed by atoms with Gasteiger partial charge >= 0.3 is 0 Å². The fraction of sp³-hybridized carbons (Fsp3) is 0.158. The lowest BCUT2D eigenvalue weighted by molar-refractivity contribution is 0.102. The van der Waals surface area contributed by atoms with E-state index in [4.69, 9.17) is 14.2 Å². The van der Waals surface area contributed by atoms with E-state index in [0.717, 1.165) is 10.6 Å². The number of rotatable bonds is 6. The highest BCUT2D eigenvalue weighted by Gasteiger charge is 2.15. The Labute approximate surface area is 155 Å². The molecule has 1 N–H and O–H groups in total. The maximum atomic E-state index is 12.5. The number of ether oxygens (including phenoxy) is 3. The Balaban J connectivity index is 1.83. The number of carbonyl (C=O) groups excluding carboxylic acids is 1. The Morgan fingerprint density at radius 2 is 1.69 bits per heavy atom. The summed E-state index contributed by atoms with van der Waals surface area (Å²) in [5, 5.41) is 5.25. The topological polar surface area (TPSA) is 69.7 Å². The van der Waals surface area contributed by atoms with Crippen molar-refractivity contribution in [1.82, 2.24) is 4.98 Å². The smallest absolute Gasteiger partial charge is 0.275 e. The first-order valence-electron chi connectivity index (χ1n) is 7.78. The van der Waals surface area contributed by atoms with Crippen molar-refractivity contribution in [2.45, 2.75) is 0 Å². The quantitative estimate of drug-likeness (QED) is 0.708. The molecule has 0 bridgehead atoms. The Morgan fingerprint density at radius 1 is 1.00 bits per heavy atom. The van der Waals surface area contributed by atoms with Crippen molar-refractivity contribution in [3.8, 4) is 27.8 Å². The molecule has 0 aliphatic heterocycles. The summed E-state index contributed by atoms with van der Waals surface area (Å²) in [7, 11) is 4.72. The van der Waals surface area contributed by atoms with E-state index in [9.17, 15) is 4.79 Å². The van der Waals surface area contributed by atoms with Crippen LogP contribution in [0.1, 0.15) is 10.5 Å². The molecule has 0 spiro atoms. The largest absolute Gasteiger partial charge is 0.497 e. The van der Waals surface area contributed by atoms with E-state index in [-0.39, 0.29) is 5.91 Å². The van der Waals surface area contributed by atoms with E-state index in [0.29, 0.717) is 28.6 Å². The monoisotopic (exact) mass is 370 g/mol. The summed E-state index contributed by atoms with van der Waals surface area (Å²) >= 11 is 1.39. The predicted octanol–water partition coefficient (Wildman–Crippen LogP) is 4.09. The molecule has 0 radical (unpaired) electrons. The van der Waals surface area contributed by atoms with Crippen molar-refractivity contribution < 1.29 is 19.0 Å². The molecule has 2 aromatic carbocycles. The van der Waals surface area contributed by atoms with Crippen LogP contribution in [0.2, 0.25) is 0 Å². The lowest BCUT2D eigenvalue weighted by Crippen LogP contribution is -2.12. The number of methoxy groups -OCH3 is 3. The standard InChI is InChI=1S/C19H18N2O4S/c1-23-13-8-12(9-14(10-13)24-2)20-18(22)16-11-26-19(21-16)15-6-4-5-7-17(15)25-3/h4-11H,1-3H3,(H,20,22). The molecule has 7 heteroatoms. The third kappa shape index (κ3) is 3.78. The van der Waals surface area contributed by atoms with Gasteiger partial charge in [0.05, 0.1) is 26.9 Å². The third-order valence-corrected chi connectivity index (χ3v) is 4.56. The predicted molar refractivity (Wildman–Crippen MR) is 102 cm³/mol. The number of hydrogen-bond donors (Lipinski definition) is 1. The number of aromatic nitrogens is 1. The van der Waals surface area contributed by atoms with Crippen molar-refractivity contribution >= 4 is 22.9 Å². The number of hydrogen-bond acceptors (Lipinski definition) is 6. The first-order chi connectivity index (χ1) is 12.6. The molecule has 3 aromatic rings. The molecule has 0 aliphatic rings. The second-order valence-corrected chi connectivity index (χ2v) is 6.15. The van der Waals surface area contributed by atoms with Crippen molar-refractivity contribution in [2.75, 3.05) is 26.6 Å². The summed E-state index contributed by atoms with van der Waals surface area (Å²) in [5.74, 6) is 1.59. The third-order valence-electron chi connectivity index (χ3n) is 3.68. The van der Waals surface area contributed by atoms with Gasteiger partial charge in [0.25, 0.3) is 5.91 Å². The zero-order valence-corrected chi connectivity index (χ0v) is 15.4. The zero-order valence-electron chi connectivity index (χ0n) is 14.6. The molecule has 0 fully saturated rings. The fourth-order valence-corrected chi connectivity index (χ4v) is 3.23. The summed E-state index contributed by atoms with van der Waals surface area (Å²) in [4.78, 5) is 17.0. The normalized spacial score (nSPS) is 10.3. The van der Waals surface area contributed by atoms with Crippen LogP contribution in [0.5, 0.6) is 17.2 Å². The average Bonchev–Trinajstić information content (AvgIpc) is 3.17. The lowest BCUT2D eigenvalue weighted by Gasteiger charge is -2.09. The molecule has 0 aliphatic carbocycles. The number of benzene rings is 2. The molecular weight excluding hydrogens is 352 g/mol. The minimum Gasteiger partial charge on any atom is -0.497 e.